The number of hydrogen-bond donors (Lipinski definition) is 1. The molecule has 23 heavy (non-hydrogen) atoms. The van der Waals surface area contributed by atoms with Gasteiger partial charge in [-0.25, -0.2) is 4.39 Å². The molecule has 0 aliphatic carbocycles. The van der Waals surface area contributed by atoms with E-state index in [2.05, 4.69) is 0 Å². The average molecular weight is 334 g/mol. The van der Waals surface area contributed by atoms with Crippen LogP contribution in [0.2, 0.25) is 0 Å². The molecule has 128 valence electrons. The summed E-state index contributed by atoms with van der Waals surface area (Å²) in [6.45, 7) is 2.23. The molecule has 1 aliphatic heterocycles. The quantitative estimate of drug-likeness (QED) is 0.863. The van der Waals surface area contributed by atoms with Crippen LogP contribution in [0.1, 0.15) is 13.8 Å². The van der Waals surface area contributed by atoms with Crippen LogP contribution in [0.4, 0.5) is 17.6 Å². The SMILES string of the molecule is CC(C)(Oc1ccc(F)cc1)C(=O)N1C[C@H](N)[C@@H](C(F)(F)F)C1. The smallest absolute Gasteiger partial charge is 0.395 e. The summed E-state index contributed by atoms with van der Waals surface area (Å²) in [5, 5.41) is 0. The lowest BCUT2D eigenvalue weighted by Crippen LogP contribution is -2.48. The van der Waals surface area contributed by atoms with E-state index in [-0.39, 0.29) is 12.3 Å². The Labute approximate surface area is 131 Å². The predicted molar refractivity (Wildman–Crippen MR) is 75.2 cm³/mol. The van der Waals surface area contributed by atoms with Gasteiger partial charge < -0.3 is 15.4 Å². The molecule has 8 heteroatoms. The first-order valence-electron chi connectivity index (χ1n) is 7.07. The molecule has 0 saturated carbocycles. The molecule has 1 aliphatic rings. The van der Waals surface area contributed by atoms with Crippen LogP contribution < -0.4 is 10.5 Å². The van der Waals surface area contributed by atoms with E-state index in [9.17, 15) is 22.4 Å². The summed E-state index contributed by atoms with van der Waals surface area (Å²) in [6, 6.07) is 3.88. The molecule has 1 aromatic carbocycles. The van der Waals surface area contributed by atoms with Crippen molar-refractivity contribution < 1.29 is 27.1 Å². The number of rotatable bonds is 3. The van der Waals surface area contributed by atoms with Gasteiger partial charge >= 0.3 is 6.18 Å². The maximum absolute atomic E-state index is 12.9. The molecular formula is C15H18F4N2O2. The number of likely N-dealkylation sites (tertiary alicyclic amines) is 1. The van der Waals surface area contributed by atoms with Crippen molar-refractivity contribution in [3.05, 3.63) is 30.1 Å². The highest BCUT2D eigenvalue weighted by molar-refractivity contribution is 5.85. The molecule has 2 N–H and O–H groups in total. The number of nitrogens with two attached hydrogens (primary N) is 1. The van der Waals surface area contributed by atoms with Gasteiger partial charge in [-0.15, -0.1) is 0 Å². The highest BCUT2D eigenvalue weighted by atomic mass is 19.4. The van der Waals surface area contributed by atoms with Gasteiger partial charge in [0.2, 0.25) is 0 Å². The first-order valence-corrected chi connectivity index (χ1v) is 7.07. The summed E-state index contributed by atoms with van der Waals surface area (Å²) in [5.74, 6) is -2.54. The second-order valence-electron chi connectivity index (χ2n) is 6.09. The van der Waals surface area contributed by atoms with Crippen molar-refractivity contribution in [1.82, 2.24) is 4.90 Å². The third kappa shape index (κ3) is 3.93. The topological polar surface area (TPSA) is 55.6 Å². The van der Waals surface area contributed by atoms with E-state index in [0.29, 0.717) is 0 Å². The maximum Gasteiger partial charge on any atom is 0.395 e. The van der Waals surface area contributed by atoms with Crippen molar-refractivity contribution in [3.8, 4) is 5.75 Å². The molecular weight excluding hydrogens is 316 g/mol. The maximum atomic E-state index is 12.9. The Kier molecular flexibility index (Phi) is 4.57. The Balaban J connectivity index is 2.08. The van der Waals surface area contributed by atoms with E-state index in [1.54, 1.807) is 0 Å². The zero-order valence-corrected chi connectivity index (χ0v) is 12.7. The molecule has 1 fully saturated rings. The van der Waals surface area contributed by atoms with Gasteiger partial charge in [-0.3, -0.25) is 4.79 Å². The zero-order chi connectivity index (χ0) is 17.4. The summed E-state index contributed by atoms with van der Waals surface area (Å²) in [4.78, 5) is 13.5. The second kappa shape index (κ2) is 5.99. The Bertz CT molecular complexity index is 572. The van der Waals surface area contributed by atoms with Gasteiger partial charge in [0.1, 0.15) is 11.6 Å². The van der Waals surface area contributed by atoms with Crippen LogP contribution in [0.25, 0.3) is 0 Å². The molecule has 4 nitrogen and oxygen atoms in total. The number of benzene rings is 1. The van der Waals surface area contributed by atoms with Crippen LogP contribution in [0.15, 0.2) is 24.3 Å². The van der Waals surface area contributed by atoms with Crippen LogP contribution in [0, 0.1) is 11.7 Å². The summed E-state index contributed by atoms with van der Waals surface area (Å²) in [6.07, 6.45) is -4.45. The van der Waals surface area contributed by atoms with E-state index in [1.807, 2.05) is 0 Å². The van der Waals surface area contributed by atoms with Crippen molar-refractivity contribution in [2.45, 2.75) is 31.7 Å². The summed E-state index contributed by atoms with van der Waals surface area (Å²) >= 11 is 0. The van der Waals surface area contributed by atoms with E-state index < -0.39 is 42.0 Å². The molecule has 1 aromatic rings. The summed E-state index contributed by atoms with van der Waals surface area (Å²) in [5.41, 5.74) is 4.12. The molecule has 1 amide bonds. The summed E-state index contributed by atoms with van der Waals surface area (Å²) in [7, 11) is 0. The fourth-order valence-corrected chi connectivity index (χ4v) is 2.56. The molecule has 0 aromatic heterocycles. The first kappa shape index (κ1) is 17.5. The fourth-order valence-electron chi connectivity index (χ4n) is 2.56. The molecule has 1 heterocycles. The molecule has 2 atom stereocenters. The van der Waals surface area contributed by atoms with Crippen LogP contribution >= 0.6 is 0 Å². The Morgan fingerprint density at radius 2 is 1.78 bits per heavy atom. The molecule has 0 unspecified atom stereocenters. The molecule has 1 saturated heterocycles. The average Bonchev–Trinajstić information content (AvgIpc) is 2.82. The van der Waals surface area contributed by atoms with Gasteiger partial charge in [0, 0.05) is 19.1 Å². The van der Waals surface area contributed by atoms with Gasteiger partial charge in [-0.1, -0.05) is 0 Å². The number of alkyl halides is 3. The number of halogens is 4. The van der Waals surface area contributed by atoms with Gasteiger partial charge in [0.05, 0.1) is 5.92 Å². The first-order chi connectivity index (χ1) is 10.5. The van der Waals surface area contributed by atoms with E-state index in [1.165, 1.54) is 38.1 Å². The van der Waals surface area contributed by atoms with E-state index in [4.69, 9.17) is 10.5 Å². The standard InChI is InChI=1S/C15H18F4N2O2/c1-14(2,23-10-5-3-9(16)4-6-10)13(22)21-7-11(12(20)8-21)15(17,18)19/h3-6,11-12H,7-8,20H2,1-2H3/t11-,12-/m0/s1. The van der Waals surface area contributed by atoms with Crippen LogP contribution in [-0.2, 0) is 4.79 Å². The third-order valence-electron chi connectivity index (χ3n) is 3.77. The number of nitrogens with zero attached hydrogens (tertiary/aromatic N) is 1. The normalized spacial score (nSPS) is 22.3. The van der Waals surface area contributed by atoms with Gasteiger partial charge in [0.25, 0.3) is 5.91 Å². The highest BCUT2D eigenvalue weighted by Crippen LogP contribution is 2.34. The van der Waals surface area contributed by atoms with Gasteiger partial charge in [-0.2, -0.15) is 13.2 Å². The highest BCUT2D eigenvalue weighted by Gasteiger charge is 2.51. The molecule has 0 bridgehead atoms. The fraction of sp³-hybridized carbons (Fsp3) is 0.533. The monoisotopic (exact) mass is 334 g/mol. The number of carbonyl (C=O) groups is 1. The zero-order valence-electron chi connectivity index (χ0n) is 12.7. The molecule has 0 spiro atoms. The van der Waals surface area contributed by atoms with Crippen molar-refractivity contribution in [2.75, 3.05) is 13.1 Å². The minimum Gasteiger partial charge on any atom is -0.478 e. The van der Waals surface area contributed by atoms with E-state index >= 15 is 0 Å². The summed E-state index contributed by atoms with van der Waals surface area (Å²) < 4.78 is 56.9. The van der Waals surface area contributed by atoms with Crippen LogP contribution in [-0.4, -0.2) is 41.7 Å². The Hall–Kier alpha value is -1.83. The van der Waals surface area contributed by atoms with Crippen molar-refractivity contribution >= 4 is 5.91 Å². The van der Waals surface area contributed by atoms with Gasteiger partial charge in [-0.05, 0) is 38.1 Å². The minimum atomic E-state index is -4.45. The molecule has 0 radical (unpaired) electrons. The molecule has 2 rings (SSSR count). The number of amides is 1. The Morgan fingerprint density at radius 1 is 1.22 bits per heavy atom. The lowest BCUT2D eigenvalue weighted by atomic mass is 10.0. The van der Waals surface area contributed by atoms with Crippen molar-refractivity contribution in [1.29, 1.82) is 0 Å². The number of ether oxygens (including phenoxy) is 1. The van der Waals surface area contributed by atoms with Crippen molar-refractivity contribution in [3.63, 3.8) is 0 Å². The minimum absolute atomic E-state index is 0.181. The van der Waals surface area contributed by atoms with E-state index in [0.717, 1.165) is 4.90 Å². The second-order valence-corrected chi connectivity index (χ2v) is 6.09. The largest absolute Gasteiger partial charge is 0.478 e. The van der Waals surface area contributed by atoms with Gasteiger partial charge in [0.15, 0.2) is 5.60 Å². The number of hydrogen-bond acceptors (Lipinski definition) is 3. The van der Waals surface area contributed by atoms with Crippen LogP contribution in [0.3, 0.4) is 0 Å². The number of carbonyl (C=O) groups excluding carboxylic acids is 1. The van der Waals surface area contributed by atoms with Crippen LogP contribution in [0.5, 0.6) is 5.75 Å². The van der Waals surface area contributed by atoms with Crippen molar-refractivity contribution in [2.24, 2.45) is 11.7 Å². The lowest BCUT2D eigenvalue weighted by molar-refractivity contribution is -0.174. The Morgan fingerprint density at radius 3 is 2.26 bits per heavy atom. The lowest BCUT2D eigenvalue weighted by Gasteiger charge is -2.30. The predicted octanol–water partition coefficient (Wildman–Crippen LogP) is 2.33. The third-order valence-corrected chi connectivity index (χ3v) is 3.77.